The van der Waals surface area contributed by atoms with Crippen LogP contribution in [0.2, 0.25) is 0 Å². The first-order valence-electron chi connectivity index (χ1n) is 8.02. The average Bonchev–Trinajstić information content (AvgIpc) is 2.95. The number of phenolic OH excluding ortho intramolecular Hbond substituents is 1. The number of benzene rings is 2. The molecule has 1 aliphatic heterocycles. The summed E-state index contributed by atoms with van der Waals surface area (Å²) in [5.74, 6) is -0.688. The van der Waals surface area contributed by atoms with Crippen LogP contribution in [0.5, 0.6) is 11.6 Å². The molecule has 0 radical (unpaired) electrons. The molecule has 0 unspecified atom stereocenters. The van der Waals surface area contributed by atoms with Gasteiger partial charge in [0.2, 0.25) is 5.88 Å². The Morgan fingerprint density at radius 3 is 2.70 bits per heavy atom. The van der Waals surface area contributed by atoms with Crippen LogP contribution in [0.3, 0.4) is 0 Å². The van der Waals surface area contributed by atoms with Crippen LogP contribution >= 0.6 is 15.9 Å². The number of hydrogen-bond donors (Lipinski definition) is 4. The second-order valence-corrected chi connectivity index (χ2v) is 7.07. The molecule has 0 bridgehead atoms. The van der Waals surface area contributed by atoms with Crippen molar-refractivity contribution in [2.24, 2.45) is 5.10 Å². The Hall–Kier alpha value is -3.07. The zero-order valence-corrected chi connectivity index (χ0v) is 15.4. The van der Waals surface area contributed by atoms with E-state index in [1.165, 1.54) is 12.1 Å². The minimum Gasteiger partial charge on any atom is -0.508 e. The molecule has 0 amide bonds. The van der Waals surface area contributed by atoms with E-state index in [0.29, 0.717) is 22.1 Å². The minimum absolute atomic E-state index is 0.0335. The number of fused-ring (bicyclic) bond motifs is 1. The van der Waals surface area contributed by atoms with Gasteiger partial charge in [0, 0.05) is 15.6 Å². The highest BCUT2D eigenvalue weighted by Crippen LogP contribution is 2.29. The smallest absolute Gasteiger partial charge is 0.326 e. The van der Waals surface area contributed by atoms with Crippen LogP contribution in [-0.4, -0.2) is 30.9 Å². The van der Waals surface area contributed by atoms with Crippen molar-refractivity contribution in [1.29, 1.82) is 0 Å². The molecule has 0 atom stereocenters. The molecule has 9 heteroatoms. The van der Waals surface area contributed by atoms with Crippen LogP contribution in [0.1, 0.15) is 22.4 Å². The van der Waals surface area contributed by atoms with Gasteiger partial charge >= 0.3 is 5.69 Å². The van der Waals surface area contributed by atoms with Gasteiger partial charge in [-0.1, -0.05) is 28.1 Å². The van der Waals surface area contributed by atoms with Gasteiger partial charge in [0.05, 0.1) is 13.1 Å². The third-order valence-electron chi connectivity index (χ3n) is 4.25. The lowest BCUT2D eigenvalue weighted by Gasteiger charge is -2.27. The average molecular weight is 433 g/mol. The maximum absolute atomic E-state index is 14.2. The highest BCUT2D eigenvalue weighted by molar-refractivity contribution is 9.10. The second kappa shape index (κ2) is 6.58. The molecule has 0 spiro atoms. The third-order valence-corrected chi connectivity index (χ3v) is 4.75. The van der Waals surface area contributed by atoms with E-state index in [9.17, 15) is 19.4 Å². The molecule has 2 aromatic carbocycles. The predicted molar refractivity (Wildman–Crippen MR) is 100 cm³/mol. The van der Waals surface area contributed by atoms with Crippen LogP contribution in [-0.2, 0) is 13.1 Å². The van der Waals surface area contributed by atoms with Crippen LogP contribution in [0, 0.1) is 5.82 Å². The molecule has 4 rings (SSSR count). The molecule has 3 aromatic rings. The number of hydrazone groups is 1. The normalized spacial score (nSPS) is 13.4. The molecule has 138 valence electrons. The number of aromatic nitrogens is 2. The fourth-order valence-electron chi connectivity index (χ4n) is 3.02. The topological polar surface area (TPSA) is 105 Å². The van der Waals surface area contributed by atoms with E-state index in [1.54, 1.807) is 29.3 Å². The second-order valence-electron chi connectivity index (χ2n) is 6.15. The van der Waals surface area contributed by atoms with Crippen LogP contribution in [0.4, 0.5) is 4.39 Å². The van der Waals surface area contributed by atoms with Crippen LogP contribution < -0.4 is 5.69 Å². The molecular formula is C18H14BrFN4O3. The van der Waals surface area contributed by atoms with Gasteiger partial charge in [-0.3, -0.25) is 9.99 Å². The van der Waals surface area contributed by atoms with Gasteiger partial charge in [0.1, 0.15) is 23.0 Å². The number of aromatic hydroxyl groups is 2. The summed E-state index contributed by atoms with van der Waals surface area (Å²) in [6.07, 6.45) is 0. The van der Waals surface area contributed by atoms with Crippen molar-refractivity contribution in [3.8, 4) is 11.6 Å². The summed E-state index contributed by atoms with van der Waals surface area (Å²) in [5, 5.41) is 25.9. The van der Waals surface area contributed by atoms with Crippen molar-refractivity contribution in [2.75, 3.05) is 0 Å². The van der Waals surface area contributed by atoms with Gasteiger partial charge in [-0.25, -0.2) is 9.18 Å². The molecule has 4 N–H and O–H groups in total. The maximum atomic E-state index is 14.2. The number of aromatic amines is 2. The first-order chi connectivity index (χ1) is 12.9. The monoisotopic (exact) mass is 432 g/mol. The first kappa shape index (κ1) is 17.3. The Balaban J connectivity index is 1.79. The summed E-state index contributed by atoms with van der Waals surface area (Å²) >= 11 is 3.23. The molecule has 0 saturated carbocycles. The van der Waals surface area contributed by atoms with Crippen LogP contribution in [0.25, 0.3) is 0 Å². The Morgan fingerprint density at radius 2 is 2.00 bits per heavy atom. The van der Waals surface area contributed by atoms with Gasteiger partial charge in [-0.15, -0.1) is 0 Å². The van der Waals surface area contributed by atoms with E-state index < -0.39 is 5.69 Å². The number of rotatable bonds is 3. The van der Waals surface area contributed by atoms with Crippen molar-refractivity contribution in [1.82, 2.24) is 15.0 Å². The predicted octanol–water partition coefficient (Wildman–Crippen LogP) is 2.78. The standard InChI is InChI=1S/C18H14BrFN4O3/c19-11-3-1-10(14(20)5-11)8-24-7-9-2-4-12(25)6-13(9)15(23-24)16-17(26)22-18(27)21-16/h1-6,25-26H,7-8H2,(H2,21,22,27). The van der Waals surface area contributed by atoms with Gasteiger partial charge in [-0.05, 0) is 29.8 Å². The van der Waals surface area contributed by atoms with E-state index in [4.69, 9.17) is 0 Å². The number of hydrogen-bond acceptors (Lipinski definition) is 5. The molecular weight excluding hydrogens is 419 g/mol. The zero-order chi connectivity index (χ0) is 19.1. The molecule has 1 aromatic heterocycles. The van der Waals surface area contributed by atoms with E-state index in [0.717, 1.165) is 5.56 Å². The lowest BCUT2D eigenvalue weighted by atomic mass is 9.98. The number of nitrogens with one attached hydrogen (secondary N) is 2. The van der Waals surface area contributed by atoms with Crippen molar-refractivity contribution in [3.05, 3.63) is 79.6 Å². The quantitative estimate of drug-likeness (QED) is 0.510. The maximum Gasteiger partial charge on any atom is 0.326 e. The number of imidazole rings is 1. The van der Waals surface area contributed by atoms with E-state index >= 15 is 0 Å². The van der Waals surface area contributed by atoms with E-state index in [1.807, 2.05) is 0 Å². The molecule has 0 saturated heterocycles. The summed E-state index contributed by atoms with van der Waals surface area (Å²) < 4.78 is 14.9. The summed E-state index contributed by atoms with van der Waals surface area (Å²) in [6.45, 7) is 0.572. The number of halogens is 2. The summed E-state index contributed by atoms with van der Waals surface area (Å²) in [6, 6.07) is 9.57. The SMILES string of the molecule is O=c1[nH]c(O)c(C2=NN(Cc3ccc(Br)cc3F)Cc3ccc(O)cc32)[nH]1. The zero-order valence-electron chi connectivity index (χ0n) is 13.8. The Kier molecular flexibility index (Phi) is 4.23. The number of nitrogens with zero attached hydrogens (tertiary/aromatic N) is 2. The molecule has 27 heavy (non-hydrogen) atoms. The van der Waals surface area contributed by atoms with Gasteiger partial charge in [0.15, 0.2) is 0 Å². The fraction of sp³-hybridized carbons (Fsp3) is 0.111. The lowest BCUT2D eigenvalue weighted by molar-refractivity contribution is 0.262. The van der Waals surface area contributed by atoms with Gasteiger partial charge < -0.3 is 15.2 Å². The Bertz CT molecular complexity index is 1120. The van der Waals surface area contributed by atoms with Crippen molar-refractivity contribution in [3.63, 3.8) is 0 Å². The molecule has 1 aliphatic rings. The molecule has 0 aliphatic carbocycles. The number of H-pyrrole nitrogens is 2. The number of phenols is 1. The highest BCUT2D eigenvalue weighted by atomic mass is 79.9. The minimum atomic E-state index is -0.581. The van der Waals surface area contributed by atoms with Crippen LogP contribution in [0.15, 0.2) is 50.8 Å². The van der Waals surface area contributed by atoms with Gasteiger partial charge in [-0.2, -0.15) is 5.10 Å². The van der Waals surface area contributed by atoms with Crippen molar-refractivity contribution < 1.29 is 14.6 Å². The molecule has 2 heterocycles. The Labute approximate surface area is 160 Å². The molecule has 0 fully saturated rings. The van der Waals surface area contributed by atoms with Crippen molar-refractivity contribution in [2.45, 2.75) is 13.1 Å². The van der Waals surface area contributed by atoms with Crippen molar-refractivity contribution >= 4 is 21.6 Å². The van der Waals surface area contributed by atoms with E-state index in [-0.39, 0.29) is 35.4 Å². The van der Waals surface area contributed by atoms with Gasteiger partial charge in [0.25, 0.3) is 0 Å². The summed E-state index contributed by atoms with van der Waals surface area (Å²) in [4.78, 5) is 16.3. The summed E-state index contributed by atoms with van der Waals surface area (Å²) in [7, 11) is 0. The lowest BCUT2D eigenvalue weighted by Crippen LogP contribution is -2.27. The summed E-state index contributed by atoms with van der Waals surface area (Å²) in [5.41, 5.74) is 1.65. The largest absolute Gasteiger partial charge is 0.508 e. The Morgan fingerprint density at radius 1 is 1.19 bits per heavy atom. The first-order valence-corrected chi connectivity index (χ1v) is 8.81. The fourth-order valence-corrected chi connectivity index (χ4v) is 3.35. The molecule has 7 nitrogen and oxygen atoms in total. The highest BCUT2D eigenvalue weighted by Gasteiger charge is 2.25. The van der Waals surface area contributed by atoms with E-state index in [2.05, 4.69) is 31.0 Å². The third kappa shape index (κ3) is 3.33.